The van der Waals surface area contributed by atoms with Crippen molar-refractivity contribution in [1.82, 2.24) is 30.1 Å². The van der Waals surface area contributed by atoms with E-state index in [4.69, 9.17) is 4.74 Å². The third-order valence-corrected chi connectivity index (χ3v) is 7.16. The lowest BCUT2D eigenvalue weighted by atomic mass is 9.94. The van der Waals surface area contributed by atoms with Crippen molar-refractivity contribution in [2.45, 2.75) is 38.0 Å². The van der Waals surface area contributed by atoms with Crippen LogP contribution in [-0.4, -0.2) is 95.4 Å². The van der Waals surface area contributed by atoms with Crippen LogP contribution in [0.2, 0.25) is 0 Å². The summed E-state index contributed by atoms with van der Waals surface area (Å²) in [6.07, 6.45) is 2.39. The maximum Gasteiger partial charge on any atom is 0.414 e. The summed E-state index contributed by atoms with van der Waals surface area (Å²) in [5.74, 6) is 0.737. The minimum atomic E-state index is -1.19. The van der Waals surface area contributed by atoms with Crippen molar-refractivity contribution in [2.24, 2.45) is 5.92 Å². The molecule has 0 unspecified atom stereocenters. The van der Waals surface area contributed by atoms with E-state index in [2.05, 4.69) is 44.5 Å². The third-order valence-electron chi connectivity index (χ3n) is 6.47. The van der Waals surface area contributed by atoms with Crippen LogP contribution in [-0.2, 0) is 0 Å². The summed E-state index contributed by atoms with van der Waals surface area (Å²) in [5, 5.41) is 7.80. The summed E-state index contributed by atoms with van der Waals surface area (Å²) in [7, 11) is 3.62. The number of carbonyl (C=O) groups excluding carboxylic acids is 2. The van der Waals surface area contributed by atoms with Crippen molar-refractivity contribution in [3.05, 3.63) is 23.8 Å². The fraction of sp³-hybridized carbons (Fsp3) is 0.591. The van der Waals surface area contributed by atoms with Crippen LogP contribution in [0.15, 0.2) is 23.8 Å². The van der Waals surface area contributed by atoms with Gasteiger partial charge in [-0.25, -0.2) is 23.9 Å². The molecule has 0 aromatic carbocycles. The molecule has 2 aliphatic rings. The van der Waals surface area contributed by atoms with Crippen molar-refractivity contribution in [1.29, 1.82) is 0 Å². The second kappa shape index (κ2) is 11.1. The topological polar surface area (TPSA) is 116 Å². The maximum absolute atomic E-state index is 14.8. The summed E-state index contributed by atoms with van der Waals surface area (Å²) in [4.78, 5) is 43.1. The predicted octanol–water partition coefficient (Wildman–Crippen LogP) is 2.44. The molecule has 0 aliphatic carbocycles. The highest BCUT2D eigenvalue weighted by molar-refractivity contribution is 7.13. The van der Waals surface area contributed by atoms with E-state index in [9.17, 15) is 14.0 Å². The number of likely N-dealkylation sites (tertiary alicyclic amines) is 1. The fourth-order valence-corrected chi connectivity index (χ4v) is 4.97. The fourth-order valence-electron chi connectivity index (χ4n) is 4.45. The number of aromatic nitrogens is 3. The molecule has 190 valence electrons. The quantitative estimate of drug-likeness (QED) is 0.635. The maximum atomic E-state index is 14.8. The minimum absolute atomic E-state index is 0.0374. The van der Waals surface area contributed by atoms with E-state index < -0.39 is 24.3 Å². The molecule has 0 bridgehead atoms. The Labute approximate surface area is 207 Å². The summed E-state index contributed by atoms with van der Waals surface area (Å²) >= 11 is 1.29. The zero-order valence-electron chi connectivity index (χ0n) is 20.1. The molecule has 0 saturated carbocycles. The Morgan fingerprint density at radius 2 is 2.06 bits per heavy atom. The van der Waals surface area contributed by atoms with Gasteiger partial charge in [0.15, 0.2) is 5.13 Å². The third kappa shape index (κ3) is 6.34. The molecule has 2 aromatic heterocycles. The second-order valence-corrected chi connectivity index (χ2v) is 9.95. The molecular formula is C22H31FN8O3S. The highest BCUT2D eigenvalue weighted by Crippen LogP contribution is 2.24. The molecule has 2 N–H and O–H groups in total. The Hall–Kier alpha value is -3.06. The Kier molecular flexibility index (Phi) is 7.96. The second-order valence-electron chi connectivity index (χ2n) is 9.06. The van der Waals surface area contributed by atoms with Crippen LogP contribution in [0.4, 0.5) is 25.1 Å². The average molecular weight is 507 g/mol. The molecule has 2 aromatic rings. The molecule has 4 atom stereocenters. The van der Waals surface area contributed by atoms with Gasteiger partial charge in [0.1, 0.15) is 6.17 Å². The molecule has 2 aliphatic heterocycles. The van der Waals surface area contributed by atoms with E-state index in [1.807, 2.05) is 0 Å². The number of likely N-dealkylation sites (N-methyl/N-ethyl adjacent to an activating group) is 1. The lowest BCUT2D eigenvalue weighted by Gasteiger charge is -2.39. The van der Waals surface area contributed by atoms with Gasteiger partial charge >= 0.3 is 12.1 Å². The Morgan fingerprint density at radius 1 is 1.23 bits per heavy atom. The van der Waals surface area contributed by atoms with Gasteiger partial charge in [-0.05, 0) is 32.4 Å². The van der Waals surface area contributed by atoms with Gasteiger partial charge in [-0.1, -0.05) is 6.92 Å². The number of urea groups is 1. The molecule has 4 rings (SSSR count). The van der Waals surface area contributed by atoms with Crippen LogP contribution in [0.1, 0.15) is 19.8 Å². The number of carbonyl (C=O) groups is 2. The number of amides is 3. The van der Waals surface area contributed by atoms with Gasteiger partial charge in [0.25, 0.3) is 0 Å². The Bertz CT molecular complexity index is 1010. The number of hydrogen-bond acceptors (Lipinski definition) is 9. The number of piperidine rings is 2. The number of hydrogen-bond donors (Lipinski definition) is 2. The van der Waals surface area contributed by atoms with Crippen LogP contribution >= 0.6 is 11.3 Å². The van der Waals surface area contributed by atoms with E-state index in [0.717, 1.165) is 19.5 Å². The smallest absolute Gasteiger partial charge is 0.391 e. The number of halogens is 1. The van der Waals surface area contributed by atoms with Crippen molar-refractivity contribution < 1.29 is 18.7 Å². The monoisotopic (exact) mass is 506 g/mol. The van der Waals surface area contributed by atoms with E-state index >= 15 is 0 Å². The normalized spacial score (nSPS) is 25.1. The highest BCUT2D eigenvalue weighted by atomic mass is 32.1. The molecule has 13 heteroatoms. The molecule has 4 heterocycles. The Balaban J connectivity index is 1.36. The van der Waals surface area contributed by atoms with Gasteiger partial charge in [-0.2, -0.15) is 4.98 Å². The van der Waals surface area contributed by atoms with Crippen LogP contribution in [0, 0.1) is 5.92 Å². The highest BCUT2D eigenvalue weighted by Gasteiger charge is 2.35. The average Bonchev–Trinajstić information content (AvgIpc) is 3.34. The van der Waals surface area contributed by atoms with Crippen molar-refractivity contribution in [3.8, 4) is 5.88 Å². The Morgan fingerprint density at radius 3 is 2.80 bits per heavy atom. The van der Waals surface area contributed by atoms with Crippen LogP contribution < -0.4 is 20.3 Å². The van der Waals surface area contributed by atoms with E-state index in [-0.39, 0.29) is 24.9 Å². The lowest BCUT2D eigenvalue weighted by molar-refractivity contribution is 0.133. The van der Waals surface area contributed by atoms with Gasteiger partial charge < -0.3 is 24.8 Å². The number of nitrogens with one attached hydrogen (secondary N) is 2. The van der Waals surface area contributed by atoms with Gasteiger partial charge in [-0.15, -0.1) is 11.3 Å². The van der Waals surface area contributed by atoms with Crippen molar-refractivity contribution >= 4 is 34.5 Å². The predicted molar refractivity (Wildman–Crippen MR) is 131 cm³/mol. The number of rotatable bonds is 5. The number of ether oxygens (including phenoxy) is 1. The van der Waals surface area contributed by atoms with Crippen molar-refractivity contribution in [3.63, 3.8) is 0 Å². The van der Waals surface area contributed by atoms with Crippen LogP contribution in [0.25, 0.3) is 0 Å². The first-order chi connectivity index (χ1) is 16.8. The van der Waals surface area contributed by atoms with Gasteiger partial charge in [0, 0.05) is 56.6 Å². The lowest BCUT2D eigenvalue weighted by Crippen LogP contribution is -2.55. The van der Waals surface area contributed by atoms with Gasteiger partial charge in [0.2, 0.25) is 11.8 Å². The SMILES string of the molecule is C[C@@H]1CN(C)CC[C@H]1NC(=O)Oc1ccnc(N2CC[C@@H](F)[C@@H](N(C)C(=O)Nc3nccs3)C2)n1. The first kappa shape index (κ1) is 25.0. The van der Waals surface area contributed by atoms with E-state index in [1.54, 1.807) is 23.5 Å². The number of thiazole rings is 1. The summed E-state index contributed by atoms with van der Waals surface area (Å²) < 4.78 is 20.2. The molecule has 0 radical (unpaired) electrons. The molecule has 2 fully saturated rings. The van der Waals surface area contributed by atoms with Crippen LogP contribution in [0.3, 0.4) is 0 Å². The zero-order valence-corrected chi connectivity index (χ0v) is 20.9. The zero-order chi connectivity index (χ0) is 24.9. The number of anilines is 2. The summed E-state index contributed by atoms with van der Waals surface area (Å²) in [5.41, 5.74) is 0. The summed E-state index contributed by atoms with van der Waals surface area (Å²) in [6.45, 7) is 4.50. The molecular weight excluding hydrogens is 475 g/mol. The largest absolute Gasteiger partial charge is 0.414 e. The molecule has 3 amide bonds. The van der Waals surface area contributed by atoms with E-state index in [1.165, 1.54) is 28.5 Å². The standard InChI is InChI=1S/C22H31FN8O3S/c1-14-12-29(2)9-6-16(14)26-22(33)34-18-4-7-24-19(27-18)31-10-5-15(23)17(13-31)30(3)21(32)28-20-25-8-11-35-20/h4,7-8,11,14-17H,5-6,9-10,12-13H2,1-3H3,(H,26,33)(H,25,28,32)/t14-,15-,16-,17+/m1/s1. The number of nitrogens with zero attached hydrogens (tertiary/aromatic N) is 6. The number of alkyl halides is 1. The molecule has 35 heavy (non-hydrogen) atoms. The molecule has 0 spiro atoms. The van der Waals surface area contributed by atoms with E-state index in [0.29, 0.717) is 23.5 Å². The first-order valence-electron chi connectivity index (χ1n) is 11.6. The van der Waals surface area contributed by atoms with Gasteiger partial charge in [-0.3, -0.25) is 5.32 Å². The molecule has 11 nitrogen and oxygen atoms in total. The van der Waals surface area contributed by atoms with Crippen LogP contribution in [0.5, 0.6) is 5.88 Å². The van der Waals surface area contributed by atoms with Gasteiger partial charge in [0.05, 0.1) is 6.04 Å². The van der Waals surface area contributed by atoms with Crippen molar-refractivity contribution in [2.75, 3.05) is 50.5 Å². The molecule has 2 saturated heterocycles. The summed E-state index contributed by atoms with van der Waals surface area (Å²) in [6, 6.07) is 0.405. The minimum Gasteiger partial charge on any atom is -0.391 e. The first-order valence-corrected chi connectivity index (χ1v) is 12.5.